The van der Waals surface area contributed by atoms with Gasteiger partial charge in [0.05, 0.1) is 20.4 Å². The maximum atomic E-state index is 12.8. The van der Waals surface area contributed by atoms with Crippen LogP contribution in [0.1, 0.15) is 20.1 Å². The summed E-state index contributed by atoms with van der Waals surface area (Å²) in [5.41, 5.74) is 0.658. The molecule has 2 aromatic rings. The number of aryl methyl sites for hydroxylation is 1. The highest BCUT2D eigenvalue weighted by molar-refractivity contribution is 7.89. The van der Waals surface area contributed by atoms with E-state index in [1.54, 1.807) is 17.8 Å². The Hall–Kier alpha value is -1.62. The second-order valence-corrected chi connectivity index (χ2v) is 7.99. The van der Waals surface area contributed by atoms with Crippen molar-refractivity contribution >= 4 is 38.9 Å². The van der Waals surface area contributed by atoms with Crippen molar-refractivity contribution in [3.8, 4) is 0 Å². The average Bonchev–Trinajstić information content (AvgIpc) is 2.90. The van der Waals surface area contributed by atoms with Crippen LogP contribution in [0.15, 0.2) is 35.2 Å². The van der Waals surface area contributed by atoms with E-state index in [0.29, 0.717) is 6.07 Å². The Bertz CT molecular complexity index is 879. The van der Waals surface area contributed by atoms with Gasteiger partial charge in [0.25, 0.3) is 15.9 Å². The van der Waals surface area contributed by atoms with Crippen molar-refractivity contribution in [2.45, 2.75) is 18.0 Å². The van der Waals surface area contributed by atoms with Gasteiger partial charge in [0.2, 0.25) is 0 Å². The number of hydrazine groups is 1. The summed E-state index contributed by atoms with van der Waals surface area (Å²) in [6.07, 6.45) is -4.81. The predicted molar refractivity (Wildman–Crippen MR) is 83.3 cm³/mol. The third kappa shape index (κ3) is 4.26. The zero-order valence-electron chi connectivity index (χ0n) is 11.9. The highest BCUT2D eigenvalue weighted by Gasteiger charge is 2.34. The van der Waals surface area contributed by atoms with Gasteiger partial charge in [-0.3, -0.25) is 10.2 Å². The fraction of sp³-hybridized carbons (Fsp3) is 0.154. The van der Waals surface area contributed by atoms with Gasteiger partial charge in [0.15, 0.2) is 0 Å². The Balaban J connectivity index is 2.20. The number of sulfonamides is 1. The van der Waals surface area contributed by atoms with Crippen molar-refractivity contribution in [2.24, 2.45) is 0 Å². The second kappa shape index (κ2) is 6.71. The van der Waals surface area contributed by atoms with Crippen molar-refractivity contribution in [1.29, 1.82) is 0 Å². The highest BCUT2D eigenvalue weighted by Crippen LogP contribution is 2.35. The molecule has 0 unspecified atom stereocenters. The molecule has 1 aromatic carbocycles. The van der Waals surface area contributed by atoms with E-state index in [1.165, 1.54) is 6.07 Å². The first-order valence-corrected chi connectivity index (χ1v) is 8.94. The molecule has 2 rings (SSSR count). The van der Waals surface area contributed by atoms with Crippen molar-refractivity contribution in [1.82, 2.24) is 10.3 Å². The number of hydrogen-bond acceptors (Lipinski definition) is 4. The molecule has 0 aliphatic rings. The molecule has 0 bridgehead atoms. The van der Waals surface area contributed by atoms with Crippen molar-refractivity contribution in [2.75, 3.05) is 0 Å². The normalized spacial score (nSPS) is 12.2. The van der Waals surface area contributed by atoms with E-state index in [-0.39, 0.29) is 4.88 Å². The highest BCUT2D eigenvalue weighted by atomic mass is 35.5. The molecular formula is C13H10ClF3N2O3S2. The average molecular weight is 399 g/mol. The molecule has 2 N–H and O–H groups in total. The molecule has 1 aromatic heterocycles. The third-order valence-corrected chi connectivity index (χ3v) is 5.39. The van der Waals surface area contributed by atoms with Crippen molar-refractivity contribution < 1.29 is 26.4 Å². The Kier molecular flexibility index (Phi) is 5.23. The lowest BCUT2D eigenvalue weighted by molar-refractivity contribution is -0.137. The number of halogens is 4. The summed E-state index contributed by atoms with van der Waals surface area (Å²) in [5.74, 6) is -0.721. The van der Waals surface area contributed by atoms with E-state index >= 15 is 0 Å². The van der Waals surface area contributed by atoms with Gasteiger partial charge in [0.1, 0.15) is 0 Å². The molecule has 24 heavy (non-hydrogen) atoms. The molecule has 0 radical (unpaired) electrons. The number of thiophene rings is 1. The number of hydrogen-bond donors (Lipinski definition) is 2. The summed E-state index contributed by atoms with van der Waals surface area (Å²) in [6, 6.07) is 5.29. The molecule has 0 aliphatic heterocycles. The number of carbonyl (C=O) groups excluding carboxylic acids is 1. The molecule has 5 nitrogen and oxygen atoms in total. The molecule has 0 spiro atoms. The first-order chi connectivity index (χ1) is 11.0. The van der Waals surface area contributed by atoms with Gasteiger partial charge in [-0.25, -0.2) is 8.42 Å². The second-order valence-electron chi connectivity index (χ2n) is 4.61. The molecule has 1 amide bonds. The van der Waals surface area contributed by atoms with Crippen LogP contribution >= 0.6 is 22.9 Å². The SMILES string of the molecule is Cc1ccc(C(=O)NNS(=O)(=O)c2ccc(Cl)c(C(F)(F)F)c2)s1. The third-order valence-electron chi connectivity index (χ3n) is 2.82. The first kappa shape index (κ1) is 18.7. The minimum Gasteiger partial charge on any atom is -0.273 e. The van der Waals surface area contributed by atoms with Gasteiger partial charge >= 0.3 is 6.18 Å². The lowest BCUT2D eigenvalue weighted by atomic mass is 10.2. The summed E-state index contributed by atoms with van der Waals surface area (Å²) in [4.78, 5) is 14.0. The van der Waals surface area contributed by atoms with Gasteiger partial charge in [-0.15, -0.1) is 16.2 Å². The fourth-order valence-electron chi connectivity index (χ4n) is 1.68. The van der Waals surface area contributed by atoms with Crippen molar-refractivity contribution in [3.63, 3.8) is 0 Å². The van der Waals surface area contributed by atoms with Crippen LogP contribution in [0.5, 0.6) is 0 Å². The number of carbonyl (C=O) groups is 1. The molecule has 0 saturated heterocycles. The molecule has 0 aliphatic carbocycles. The van der Waals surface area contributed by atoms with Crippen LogP contribution in [0, 0.1) is 6.92 Å². The molecule has 11 heteroatoms. The summed E-state index contributed by atoms with van der Waals surface area (Å²) in [6.45, 7) is 1.76. The van der Waals surface area contributed by atoms with Gasteiger partial charge < -0.3 is 0 Å². The number of nitrogens with one attached hydrogen (secondary N) is 2. The van der Waals surface area contributed by atoms with E-state index in [4.69, 9.17) is 11.6 Å². The molecule has 1 heterocycles. The monoisotopic (exact) mass is 398 g/mol. The zero-order valence-corrected chi connectivity index (χ0v) is 14.3. The number of alkyl halides is 3. The Morgan fingerprint density at radius 2 is 1.88 bits per heavy atom. The molecule has 130 valence electrons. The van der Waals surface area contributed by atoms with Crippen LogP contribution in [0.3, 0.4) is 0 Å². The quantitative estimate of drug-likeness (QED) is 0.775. The molecule has 0 saturated carbocycles. The maximum Gasteiger partial charge on any atom is 0.417 e. The Labute approximate surface area is 144 Å². The molecule has 0 fully saturated rings. The standard InChI is InChI=1S/C13H10ClF3N2O3S2/c1-7-2-5-11(23-7)12(20)18-19-24(21,22)8-3-4-10(14)9(6-8)13(15,16)17/h2-6,19H,1H3,(H,18,20). The van der Waals surface area contributed by atoms with Crippen molar-refractivity contribution in [3.05, 3.63) is 50.7 Å². The van der Waals surface area contributed by atoms with E-state index in [0.717, 1.165) is 28.3 Å². The smallest absolute Gasteiger partial charge is 0.273 e. The van der Waals surface area contributed by atoms with Gasteiger partial charge in [0, 0.05) is 4.88 Å². The molecular weight excluding hydrogens is 389 g/mol. The van der Waals surface area contributed by atoms with Crippen LogP contribution in [0.2, 0.25) is 5.02 Å². The zero-order chi connectivity index (χ0) is 18.1. The predicted octanol–water partition coefficient (Wildman–Crippen LogP) is 3.35. The fourth-order valence-corrected chi connectivity index (χ4v) is 3.53. The Morgan fingerprint density at radius 3 is 2.42 bits per heavy atom. The maximum absolute atomic E-state index is 12.8. The van der Waals surface area contributed by atoms with Crippen LogP contribution < -0.4 is 10.3 Å². The number of benzene rings is 1. The number of amides is 1. The minimum absolute atomic E-state index is 0.252. The van der Waals surface area contributed by atoms with Gasteiger partial charge in [-0.1, -0.05) is 11.6 Å². The minimum atomic E-state index is -4.81. The molecule has 0 atom stereocenters. The van der Waals surface area contributed by atoms with E-state index in [1.807, 2.05) is 5.43 Å². The van der Waals surface area contributed by atoms with E-state index in [9.17, 15) is 26.4 Å². The summed E-state index contributed by atoms with van der Waals surface area (Å²) in [5, 5.41) is -0.625. The topological polar surface area (TPSA) is 75.3 Å². The summed E-state index contributed by atoms with van der Waals surface area (Å²) < 4.78 is 62.4. The van der Waals surface area contributed by atoms with Crippen LogP contribution in [0.4, 0.5) is 13.2 Å². The first-order valence-electron chi connectivity index (χ1n) is 6.26. The lowest BCUT2D eigenvalue weighted by Gasteiger charge is -2.12. The van der Waals surface area contributed by atoms with E-state index < -0.39 is 37.6 Å². The largest absolute Gasteiger partial charge is 0.417 e. The lowest BCUT2D eigenvalue weighted by Crippen LogP contribution is -2.41. The van der Waals surface area contributed by atoms with Gasteiger partial charge in [-0.2, -0.15) is 13.2 Å². The van der Waals surface area contributed by atoms with Crippen LogP contribution in [0.25, 0.3) is 0 Å². The van der Waals surface area contributed by atoms with E-state index in [2.05, 4.69) is 0 Å². The van der Waals surface area contributed by atoms with Gasteiger partial charge in [-0.05, 0) is 37.3 Å². The Morgan fingerprint density at radius 1 is 1.21 bits per heavy atom. The summed E-state index contributed by atoms with van der Waals surface area (Å²) in [7, 11) is -4.39. The van der Waals surface area contributed by atoms with Crippen LogP contribution in [-0.2, 0) is 16.2 Å². The summed E-state index contributed by atoms with van der Waals surface area (Å²) >= 11 is 6.57. The van der Waals surface area contributed by atoms with Crippen LogP contribution in [-0.4, -0.2) is 14.3 Å². The number of rotatable bonds is 4.